The van der Waals surface area contributed by atoms with Gasteiger partial charge in [-0.2, -0.15) is 0 Å². The Morgan fingerprint density at radius 1 is 1.47 bits per heavy atom. The Morgan fingerprint density at radius 3 is 2.87 bits per heavy atom. The Balaban J connectivity index is 1.43. The van der Waals surface area contributed by atoms with Crippen molar-refractivity contribution < 1.29 is 4.74 Å². The topological polar surface area (TPSA) is 33.3 Å². The van der Waals surface area contributed by atoms with Crippen LogP contribution in [0.1, 0.15) is 19.8 Å². The largest absolute Gasteiger partial charge is 0.380 e. The number of hydrogen-bond donors (Lipinski definition) is 2. The van der Waals surface area contributed by atoms with E-state index in [4.69, 9.17) is 4.74 Å². The van der Waals surface area contributed by atoms with Crippen molar-refractivity contribution in [2.45, 2.75) is 19.8 Å². The lowest BCUT2D eigenvalue weighted by Crippen LogP contribution is -2.36. The quantitative estimate of drug-likeness (QED) is 0.484. The van der Waals surface area contributed by atoms with Crippen molar-refractivity contribution in [2.24, 2.45) is 5.92 Å². The minimum atomic E-state index is 0.858. The SMILES string of the molecule is CC(CNCCOCC1CC1)=C1CNC1. The molecule has 2 N–H and O–H groups in total. The first-order valence-electron chi connectivity index (χ1n) is 6.03. The summed E-state index contributed by atoms with van der Waals surface area (Å²) in [7, 11) is 0. The summed E-state index contributed by atoms with van der Waals surface area (Å²) in [6.07, 6.45) is 2.76. The standard InChI is InChI=1S/C12H22N2O/c1-10(12-7-14-8-12)6-13-4-5-15-9-11-2-3-11/h11,13-14H,2-9H2,1H3. The average Bonchev–Trinajstić information content (AvgIpc) is 2.91. The minimum Gasteiger partial charge on any atom is -0.380 e. The second kappa shape index (κ2) is 5.64. The number of hydrogen-bond acceptors (Lipinski definition) is 3. The van der Waals surface area contributed by atoms with Gasteiger partial charge >= 0.3 is 0 Å². The highest BCUT2D eigenvalue weighted by Crippen LogP contribution is 2.28. The zero-order valence-electron chi connectivity index (χ0n) is 9.64. The van der Waals surface area contributed by atoms with Crippen molar-refractivity contribution in [3.8, 4) is 0 Å². The second-order valence-electron chi connectivity index (χ2n) is 4.68. The highest BCUT2D eigenvalue weighted by atomic mass is 16.5. The van der Waals surface area contributed by atoms with Gasteiger partial charge in [0, 0.05) is 32.8 Å². The highest BCUT2D eigenvalue weighted by Gasteiger charge is 2.20. The molecule has 1 heterocycles. The monoisotopic (exact) mass is 210 g/mol. The molecule has 0 aromatic carbocycles. The molecule has 0 spiro atoms. The molecule has 86 valence electrons. The molecule has 3 heteroatoms. The van der Waals surface area contributed by atoms with Crippen LogP contribution in [-0.2, 0) is 4.74 Å². The Morgan fingerprint density at radius 2 is 2.27 bits per heavy atom. The van der Waals surface area contributed by atoms with E-state index in [0.29, 0.717) is 0 Å². The van der Waals surface area contributed by atoms with E-state index >= 15 is 0 Å². The summed E-state index contributed by atoms with van der Waals surface area (Å²) in [5.41, 5.74) is 3.07. The molecule has 0 aromatic heterocycles. The molecule has 15 heavy (non-hydrogen) atoms. The zero-order valence-corrected chi connectivity index (χ0v) is 9.64. The lowest BCUT2D eigenvalue weighted by Gasteiger charge is -2.22. The van der Waals surface area contributed by atoms with Gasteiger partial charge in [0.1, 0.15) is 0 Å². The van der Waals surface area contributed by atoms with Gasteiger partial charge in [-0.15, -0.1) is 0 Å². The summed E-state index contributed by atoms with van der Waals surface area (Å²) in [6.45, 7) is 8.23. The predicted octanol–water partition coefficient (Wildman–Crippen LogP) is 0.922. The predicted molar refractivity (Wildman–Crippen MR) is 62.0 cm³/mol. The third-order valence-corrected chi connectivity index (χ3v) is 3.14. The fourth-order valence-corrected chi connectivity index (χ4v) is 1.63. The maximum Gasteiger partial charge on any atom is 0.0591 e. The molecular formula is C12H22N2O. The molecule has 0 aromatic rings. The van der Waals surface area contributed by atoms with E-state index in [1.165, 1.54) is 18.4 Å². The second-order valence-corrected chi connectivity index (χ2v) is 4.68. The van der Waals surface area contributed by atoms with Gasteiger partial charge in [-0.3, -0.25) is 0 Å². The third kappa shape index (κ3) is 3.93. The molecule has 1 saturated carbocycles. The van der Waals surface area contributed by atoms with Crippen LogP contribution in [0.4, 0.5) is 0 Å². The molecule has 0 bridgehead atoms. The highest BCUT2D eigenvalue weighted by molar-refractivity contribution is 5.22. The van der Waals surface area contributed by atoms with Crippen molar-refractivity contribution in [3.63, 3.8) is 0 Å². The first-order valence-corrected chi connectivity index (χ1v) is 6.03. The van der Waals surface area contributed by atoms with E-state index in [1.807, 2.05) is 0 Å². The van der Waals surface area contributed by atoms with Crippen molar-refractivity contribution >= 4 is 0 Å². The van der Waals surface area contributed by atoms with Crippen LogP contribution in [0.3, 0.4) is 0 Å². The Kier molecular flexibility index (Phi) is 4.18. The van der Waals surface area contributed by atoms with E-state index in [1.54, 1.807) is 5.57 Å². The summed E-state index contributed by atoms with van der Waals surface area (Å²) in [5.74, 6) is 0.884. The Labute approximate surface area is 92.3 Å². The van der Waals surface area contributed by atoms with Crippen LogP contribution >= 0.6 is 0 Å². The summed E-state index contributed by atoms with van der Waals surface area (Å²) < 4.78 is 5.55. The van der Waals surface area contributed by atoms with Gasteiger partial charge in [-0.25, -0.2) is 0 Å². The Hall–Kier alpha value is -0.380. The Bertz CT molecular complexity index is 228. The third-order valence-electron chi connectivity index (χ3n) is 3.14. The molecule has 1 aliphatic heterocycles. The summed E-state index contributed by atoms with van der Waals surface area (Å²) >= 11 is 0. The van der Waals surface area contributed by atoms with E-state index in [0.717, 1.165) is 45.3 Å². The van der Waals surface area contributed by atoms with Crippen molar-refractivity contribution in [3.05, 3.63) is 11.1 Å². The number of nitrogens with one attached hydrogen (secondary N) is 2. The van der Waals surface area contributed by atoms with Crippen LogP contribution in [0.25, 0.3) is 0 Å². The van der Waals surface area contributed by atoms with Crippen molar-refractivity contribution in [1.82, 2.24) is 10.6 Å². The normalized spacial score (nSPS) is 20.2. The molecule has 0 unspecified atom stereocenters. The molecule has 0 radical (unpaired) electrons. The van der Waals surface area contributed by atoms with Crippen LogP contribution in [0.2, 0.25) is 0 Å². The maximum atomic E-state index is 5.55. The fraction of sp³-hybridized carbons (Fsp3) is 0.833. The zero-order chi connectivity index (χ0) is 10.5. The maximum absolute atomic E-state index is 5.55. The summed E-state index contributed by atoms with van der Waals surface area (Å²) in [6, 6.07) is 0. The van der Waals surface area contributed by atoms with Gasteiger partial charge in [0.25, 0.3) is 0 Å². The number of rotatable bonds is 7. The van der Waals surface area contributed by atoms with Gasteiger partial charge in [-0.1, -0.05) is 5.57 Å². The van der Waals surface area contributed by atoms with Crippen LogP contribution in [0.5, 0.6) is 0 Å². The van der Waals surface area contributed by atoms with Gasteiger partial charge < -0.3 is 15.4 Å². The van der Waals surface area contributed by atoms with Crippen LogP contribution < -0.4 is 10.6 Å². The van der Waals surface area contributed by atoms with Crippen LogP contribution in [-0.4, -0.2) is 39.4 Å². The van der Waals surface area contributed by atoms with Gasteiger partial charge in [0.2, 0.25) is 0 Å². The van der Waals surface area contributed by atoms with E-state index in [9.17, 15) is 0 Å². The number of ether oxygens (including phenoxy) is 1. The fourth-order valence-electron chi connectivity index (χ4n) is 1.63. The van der Waals surface area contributed by atoms with E-state index in [-0.39, 0.29) is 0 Å². The average molecular weight is 210 g/mol. The lowest BCUT2D eigenvalue weighted by molar-refractivity contribution is 0.127. The molecule has 2 fully saturated rings. The lowest BCUT2D eigenvalue weighted by atomic mass is 10.0. The summed E-state index contributed by atoms with van der Waals surface area (Å²) in [4.78, 5) is 0. The van der Waals surface area contributed by atoms with Crippen LogP contribution in [0.15, 0.2) is 11.1 Å². The molecule has 0 atom stereocenters. The first-order chi connectivity index (χ1) is 7.36. The smallest absolute Gasteiger partial charge is 0.0591 e. The first kappa shape index (κ1) is 11.1. The van der Waals surface area contributed by atoms with E-state index in [2.05, 4.69) is 17.6 Å². The van der Waals surface area contributed by atoms with Crippen molar-refractivity contribution in [2.75, 3.05) is 39.4 Å². The summed E-state index contributed by atoms with van der Waals surface area (Å²) in [5, 5.41) is 6.68. The molecule has 1 saturated heterocycles. The molecule has 2 rings (SSSR count). The molecule has 2 aliphatic rings. The van der Waals surface area contributed by atoms with E-state index < -0.39 is 0 Å². The molecular weight excluding hydrogens is 188 g/mol. The molecule has 3 nitrogen and oxygen atoms in total. The van der Waals surface area contributed by atoms with Crippen molar-refractivity contribution in [1.29, 1.82) is 0 Å². The molecule has 1 aliphatic carbocycles. The van der Waals surface area contributed by atoms with Crippen LogP contribution in [0, 0.1) is 5.92 Å². The van der Waals surface area contributed by atoms with Gasteiger partial charge in [-0.05, 0) is 31.3 Å². The van der Waals surface area contributed by atoms with Gasteiger partial charge in [0.15, 0.2) is 0 Å². The minimum absolute atomic E-state index is 0.858. The molecule has 0 amide bonds. The van der Waals surface area contributed by atoms with Gasteiger partial charge in [0.05, 0.1) is 6.61 Å².